The average molecular weight is 479 g/mol. The molecule has 1 fully saturated rings. The van der Waals surface area contributed by atoms with E-state index in [1.807, 2.05) is 45.0 Å². The smallest absolute Gasteiger partial charge is 0.407 e. The van der Waals surface area contributed by atoms with E-state index in [2.05, 4.69) is 29.6 Å². The number of carbonyl (C=O) groups is 3. The molecule has 4 rings (SSSR count). The van der Waals surface area contributed by atoms with Gasteiger partial charge >= 0.3 is 12.1 Å². The van der Waals surface area contributed by atoms with Gasteiger partial charge in [-0.05, 0) is 62.3 Å². The SMILES string of the molecule is CC(C)(C)N(CC(=O)O)C(=O)[C@H]1CCC[C@@H](NC(=O)OCC2c3ccccc3-c3ccccc32)C1. The number of rotatable bonds is 6. The molecule has 0 spiro atoms. The summed E-state index contributed by atoms with van der Waals surface area (Å²) in [6, 6.07) is 16.2. The molecule has 2 amide bonds. The van der Waals surface area contributed by atoms with Crippen molar-refractivity contribution in [2.45, 2.75) is 64.0 Å². The summed E-state index contributed by atoms with van der Waals surface area (Å²) in [7, 11) is 0. The third-order valence-corrected chi connectivity index (χ3v) is 7.06. The van der Waals surface area contributed by atoms with Crippen molar-refractivity contribution in [1.82, 2.24) is 10.2 Å². The van der Waals surface area contributed by atoms with Gasteiger partial charge in [0.25, 0.3) is 0 Å². The molecular weight excluding hydrogens is 444 g/mol. The van der Waals surface area contributed by atoms with Gasteiger partial charge in [-0.25, -0.2) is 4.79 Å². The number of fused-ring (bicyclic) bond motifs is 3. The highest BCUT2D eigenvalue weighted by Crippen LogP contribution is 2.44. The van der Waals surface area contributed by atoms with Crippen molar-refractivity contribution < 1.29 is 24.2 Å². The monoisotopic (exact) mass is 478 g/mol. The lowest BCUT2D eigenvalue weighted by molar-refractivity contribution is -0.151. The zero-order valence-electron chi connectivity index (χ0n) is 20.6. The zero-order chi connectivity index (χ0) is 25.2. The highest BCUT2D eigenvalue weighted by atomic mass is 16.5. The van der Waals surface area contributed by atoms with Gasteiger partial charge in [-0.15, -0.1) is 0 Å². The van der Waals surface area contributed by atoms with Gasteiger partial charge in [-0.3, -0.25) is 9.59 Å². The average Bonchev–Trinajstić information content (AvgIpc) is 3.14. The van der Waals surface area contributed by atoms with E-state index in [4.69, 9.17) is 4.74 Å². The van der Waals surface area contributed by atoms with Gasteiger partial charge in [0.1, 0.15) is 13.2 Å². The summed E-state index contributed by atoms with van der Waals surface area (Å²) < 4.78 is 5.67. The lowest BCUT2D eigenvalue weighted by atomic mass is 9.84. The van der Waals surface area contributed by atoms with Gasteiger partial charge in [0.05, 0.1) is 0 Å². The lowest BCUT2D eigenvalue weighted by Gasteiger charge is -2.39. The summed E-state index contributed by atoms with van der Waals surface area (Å²) in [5, 5.41) is 12.2. The molecule has 0 bridgehead atoms. The maximum absolute atomic E-state index is 13.2. The minimum atomic E-state index is -1.03. The summed E-state index contributed by atoms with van der Waals surface area (Å²) >= 11 is 0. The Morgan fingerprint density at radius 3 is 2.17 bits per heavy atom. The molecule has 2 atom stereocenters. The second-order valence-corrected chi connectivity index (χ2v) is 10.5. The molecule has 2 N–H and O–H groups in total. The van der Waals surface area contributed by atoms with E-state index in [1.54, 1.807) is 0 Å². The number of alkyl carbamates (subject to hydrolysis) is 1. The molecule has 1 saturated carbocycles. The molecule has 0 heterocycles. The van der Waals surface area contributed by atoms with Crippen LogP contribution in [0.15, 0.2) is 48.5 Å². The molecule has 186 valence electrons. The van der Waals surface area contributed by atoms with Crippen LogP contribution in [0.5, 0.6) is 0 Å². The molecule has 2 aliphatic carbocycles. The summed E-state index contributed by atoms with van der Waals surface area (Å²) in [6.07, 6.45) is 2.24. The van der Waals surface area contributed by atoms with Gasteiger partial charge in [0, 0.05) is 23.4 Å². The number of hydrogen-bond donors (Lipinski definition) is 2. The molecule has 0 saturated heterocycles. The van der Waals surface area contributed by atoms with E-state index in [1.165, 1.54) is 16.0 Å². The first-order valence-corrected chi connectivity index (χ1v) is 12.3. The van der Waals surface area contributed by atoms with Crippen molar-refractivity contribution in [2.75, 3.05) is 13.2 Å². The van der Waals surface area contributed by atoms with Crippen molar-refractivity contribution in [3.8, 4) is 11.1 Å². The second kappa shape index (κ2) is 10.1. The standard InChI is InChI=1S/C28H34N2O5/c1-28(2,3)30(16-25(31)32)26(33)18-9-8-10-19(15-18)29-27(34)35-17-24-22-13-6-4-11-20(22)21-12-5-7-14-23(21)24/h4-7,11-14,18-19,24H,8-10,15-17H2,1-3H3,(H,29,34)(H,31,32)/t18-,19+/m0/s1. The third-order valence-electron chi connectivity index (χ3n) is 7.06. The molecule has 0 radical (unpaired) electrons. The Morgan fingerprint density at radius 2 is 1.60 bits per heavy atom. The van der Waals surface area contributed by atoms with Crippen molar-refractivity contribution in [3.05, 3.63) is 59.7 Å². The number of nitrogens with one attached hydrogen (secondary N) is 1. The Bertz CT molecular complexity index is 1060. The fourth-order valence-electron chi connectivity index (χ4n) is 5.35. The van der Waals surface area contributed by atoms with Crippen molar-refractivity contribution in [2.24, 2.45) is 5.92 Å². The minimum Gasteiger partial charge on any atom is -0.480 e. The second-order valence-electron chi connectivity index (χ2n) is 10.5. The molecule has 0 unspecified atom stereocenters. The van der Waals surface area contributed by atoms with Gasteiger partial charge < -0.3 is 20.1 Å². The maximum Gasteiger partial charge on any atom is 0.407 e. The molecular formula is C28H34N2O5. The highest BCUT2D eigenvalue weighted by Gasteiger charge is 2.36. The first-order valence-electron chi connectivity index (χ1n) is 12.3. The number of carbonyl (C=O) groups excluding carboxylic acids is 2. The fourth-order valence-corrected chi connectivity index (χ4v) is 5.35. The van der Waals surface area contributed by atoms with E-state index in [0.717, 1.165) is 24.0 Å². The molecule has 0 aliphatic heterocycles. The Labute approximate surface area is 206 Å². The number of benzene rings is 2. The summed E-state index contributed by atoms with van der Waals surface area (Å²) in [6.45, 7) is 5.42. The summed E-state index contributed by atoms with van der Waals surface area (Å²) in [5.41, 5.74) is 4.07. The van der Waals surface area contributed by atoms with Gasteiger partial charge in [-0.1, -0.05) is 55.0 Å². The van der Waals surface area contributed by atoms with Crippen molar-refractivity contribution in [1.29, 1.82) is 0 Å². The van der Waals surface area contributed by atoms with E-state index >= 15 is 0 Å². The molecule has 0 aromatic heterocycles. The van der Waals surface area contributed by atoms with E-state index in [9.17, 15) is 19.5 Å². The number of ether oxygens (including phenoxy) is 1. The van der Waals surface area contributed by atoms with Crippen LogP contribution in [-0.4, -0.2) is 52.7 Å². The summed E-state index contributed by atoms with van der Waals surface area (Å²) in [5.74, 6) is -1.53. The molecule has 2 aromatic rings. The van der Waals surface area contributed by atoms with Crippen LogP contribution in [0.4, 0.5) is 4.79 Å². The van der Waals surface area contributed by atoms with Crippen molar-refractivity contribution >= 4 is 18.0 Å². The molecule has 7 nitrogen and oxygen atoms in total. The van der Waals surface area contributed by atoms with Crippen LogP contribution in [0.1, 0.15) is 63.5 Å². The van der Waals surface area contributed by atoms with Crippen LogP contribution >= 0.6 is 0 Å². The highest BCUT2D eigenvalue weighted by molar-refractivity contribution is 5.84. The molecule has 2 aliphatic rings. The van der Waals surface area contributed by atoms with E-state index < -0.39 is 17.6 Å². The fraction of sp³-hybridized carbons (Fsp3) is 0.464. The Hall–Kier alpha value is -3.35. The van der Waals surface area contributed by atoms with Crippen LogP contribution in [-0.2, 0) is 14.3 Å². The van der Waals surface area contributed by atoms with Crippen LogP contribution < -0.4 is 5.32 Å². The number of carboxylic acids is 1. The lowest BCUT2D eigenvalue weighted by Crippen LogP contribution is -2.52. The first-order chi connectivity index (χ1) is 16.6. The van der Waals surface area contributed by atoms with Gasteiger partial charge in [0.15, 0.2) is 0 Å². The van der Waals surface area contributed by atoms with E-state index in [0.29, 0.717) is 12.8 Å². The summed E-state index contributed by atoms with van der Waals surface area (Å²) in [4.78, 5) is 38.6. The Morgan fingerprint density at radius 1 is 1.00 bits per heavy atom. The zero-order valence-corrected chi connectivity index (χ0v) is 20.6. The Kier molecular flexibility index (Phi) is 7.15. The molecule has 35 heavy (non-hydrogen) atoms. The molecule has 7 heteroatoms. The van der Waals surface area contributed by atoms with Crippen LogP contribution in [0.25, 0.3) is 11.1 Å². The quantitative estimate of drug-likeness (QED) is 0.622. The van der Waals surface area contributed by atoms with Gasteiger partial charge in [0.2, 0.25) is 5.91 Å². The minimum absolute atomic E-state index is 0.00908. The van der Waals surface area contributed by atoms with Gasteiger partial charge in [-0.2, -0.15) is 0 Å². The number of hydrogen-bond acceptors (Lipinski definition) is 4. The van der Waals surface area contributed by atoms with Crippen LogP contribution in [0.3, 0.4) is 0 Å². The van der Waals surface area contributed by atoms with Crippen molar-refractivity contribution in [3.63, 3.8) is 0 Å². The van der Waals surface area contributed by atoms with Crippen LogP contribution in [0, 0.1) is 5.92 Å². The maximum atomic E-state index is 13.2. The predicted octanol–water partition coefficient (Wildman–Crippen LogP) is 4.80. The number of aliphatic carboxylic acids is 1. The topological polar surface area (TPSA) is 95.9 Å². The number of carboxylic acid groups (broad SMARTS) is 1. The normalized spacial score (nSPS) is 19.4. The number of nitrogens with zero attached hydrogens (tertiary/aromatic N) is 1. The molecule has 2 aromatic carbocycles. The Balaban J connectivity index is 1.36. The largest absolute Gasteiger partial charge is 0.480 e. The first kappa shape index (κ1) is 24.8. The number of amides is 2. The predicted molar refractivity (Wildman–Crippen MR) is 133 cm³/mol. The third kappa shape index (κ3) is 5.50. The van der Waals surface area contributed by atoms with E-state index in [-0.39, 0.29) is 36.9 Å². The van der Waals surface area contributed by atoms with Crippen LogP contribution in [0.2, 0.25) is 0 Å².